The van der Waals surface area contributed by atoms with Crippen LogP contribution in [0, 0.1) is 0 Å². The minimum Gasteiger partial charge on any atom is -0.396 e. The number of aliphatic hydroxyl groups excluding tert-OH is 1. The molecule has 0 radical (unpaired) electrons. The molecule has 0 bridgehead atoms. The number of amides is 1. The van der Waals surface area contributed by atoms with Crippen molar-refractivity contribution in [2.24, 2.45) is 0 Å². The number of alkyl halides is 2. The van der Waals surface area contributed by atoms with E-state index in [0.29, 0.717) is 12.8 Å². The average Bonchev–Trinajstić information content (AvgIpc) is 2.03. The van der Waals surface area contributed by atoms with Crippen LogP contribution in [0.1, 0.15) is 19.8 Å². The van der Waals surface area contributed by atoms with Gasteiger partial charge in [-0.15, -0.1) is 0 Å². The number of hydrogen-bond donors (Lipinski definition) is 2. The minimum atomic E-state index is -2.97. The Morgan fingerprint density at radius 3 is 2.50 bits per heavy atom. The molecule has 3 nitrogen and oxygen atoms in total. The summed E-state index contributed by atoms with van der Waals surface area (Å²) >= 11 is 0. The third-order valence-corrected chi connectivity index (χ3v) is 1.51. The number of nitrogens with one attached hydrogen (secondary N) is 1. The van der Waals surface area contributed by atoms with Crippen LogP contribution < -0.4 is 5.32 Å². The first-order valence-corrected chi connectivity index (χ1v) is 3.81. The van der Waals surface area contributed by atoms with Crippen LogP contribution in [-0.4, -0.2) is 30.1 Å². The molecule has 0 aliphatic rings. The molecule has 0 heterocycles. The molecule has 0 saturated carbocycles. The van der Waals surface area contributed by atoms with E-state index in [0.717, 1.165) is 0 Å². The van der Waals surface area contributed by atoms with Crippen LogP contribution in [0.4, 0.5) is 8.78 Å². The summed E-state index contributed by atoms with van der Waals surface area (Å²) in [7, 11) is 0. The molecule has 0 aromatic rings. The van der Waals surface area contributed by atoms with Crippen LogP contribution in [0.5, 0.6) is 0 Å². The van der Waals surface area contributed by atoms with Gasteiger partial charge in [-0.1, -0.05) is 6.92 Å². The second-order valence-electron chi connectivity index (χ2n) is 2.43. The van der Waals surface area contributed by atoms with Crippen LogP contribution in [-0.2, 0) is 4.79 Å². The lowest BCUT2D eigenvalue weighted by Gasteiger charge is -2.14. The fourth-order valence-corrected chi connectivity index (χ4v) is 0.798. The molecule has 0 saturated heterocycles. The number of carbonyl (C=O) groups excluding carboxylic acids is 1. The molecular weight excluding hydrogens is 168 g/mol. The molecule has 0 spiro atoms. The van der Waals surface area contributed by atoms with Crippen LogP contribution in [0.25, 0.3) is 0 Å². The van der Waals surface area contributed by atoms with Crippen molar-refractivity contribution in [3.05, 3.63) is 0 Å². The molecule has 0 aliphatic carbocycles. The summed E-state index contributed by atoms with van der Waals surface area (Å²) in [5, 5.41) is 10.6. The van der Waals surface area contributed by atoms with E-state index in [4.69, 9.17) is 5.11 Å². The molecule has 72 valence electrons. The van der Waals surface area contributed by atoms with E-state index in [2.05, 4.69) is 5.32 Å². The van der Waals surface area contributed by atoms with Crippen molar-refractivity contribution in [1.82, 2.24) is 5.32 Å². The highest BCUT2D eigenvalue weighted by Gasteiger charge is 2.17. The second-order valence-corrected chi connectivity index (χ2v) is 2.43. The Kier molecular flexibility index (Phi) is 5.53. The molecule has 5 heteroatoms. The highest BCUT2D eigenvalue weighted by atomic mass is 19.3. The topological polar surface area (TPSA) is 49.3 Å². The summed E-state index contributed by atoms with van der Waals surface area (Å²) in [6.45, 7) is 1.65. The Morgan fingerprint density at radius 1 is 1.58 bits per heavy atom. The first-order chi connectivity index (χ1) is 5.61. The molecule has 0 aromatic heterocycles. The average molecular weight is 181 g/mol. The fourth-order valence-electron chi connectivity index (χ4n) is 0.798. The molecular formula is C7H13F2NO2. The van der Waals surface area contributed by atoms with E-state index >= 15 is 0 Å². The number of halogens is 2. The van der Waals surface area contributed by atoms with Crippen LogP contribution >= 0.6 is 0 Å². The summed E-state index contributed by atoms with van der Waals surface area (Å²) in [5.41, 5.74) is 0. The third kappa shape index (κ3) is 4.23. The van der Waals surface area contributed by atoms with E-state index in [1.807, 2.05) is 0 Å². The standard InChI is InChI=1S/C7H13F2NO2/c1-2-5(3-4-11)10-7(12)6(8)9/h5-6,11H,2-4H2,1H3,(H,10,12). The maximum atomic E-state index is 11.7. The van der Waals surface area contributed by atoms with Crippen LogP contribution in [0.2, 0.25) is 0 Å². The van der Waals surface area contributed by atoms with Gasteiger partial charge in [0.1, 0.15) is 0 Å². The molecule has 12 heavy (non-hydrogen) atoms. The highest BCUT2D eigenvalue weighted by molar-refractivity contribution is 5.79. The molecule has 2 N–H and O–H groups in total. The van der Waals surface area contributed by atoms with Gasteiger partial charge in [0.15, 0.2) is 0 Å². The smallest absolute Gasteiger partial charge is 0.315 e. The molecule has 0 fully saturated rings. The van der Waals surface area contributed by atoms with Gasteiger partial charge in [-0.3, -0.25) is 4.79 Å². The molecule has 0 aliphatic heterocycles. The third-order valence-electron chi connectivity index (χ3n) is 1.51. The zero-order valence-electron chi connectivity index (χ0n) is 6.89. The highest BCUT2D eigenvalue weighted by Crippen LogP contribution is 1.99. The van der Waals surface area contributed by atoms with Crippen molar-refractivity contribution in [2.75, 3.05) is 6.61 Å². The Hall–Kier alpha value is -0.710. The Balaban J connectivity index is 3.77. The summed E-state index contributed by atoms with van der Waals surface area (Å²) in [6, 6.07) is -0.350. The van der Waals surface area contributed by atoms with Crippen molar-refractivity contribution in [3.8, 4) is 0 Å². The van der Waals surface area contributed by atoms with E-state index in [9.17, 15) is 13.6 Å². The molecule has 0 aromatic carbocycles. The largest absolute Gasteiger partial charge is 0.396 e. The lowest BCUT2D eigenvalue weighted by atomic mass is 10.1. The Morgan fingerprint density at radius 2 is 2.17 bits per heavy atom. The second kappa shape index (κ2) is 5.88. The number of hydrogen-bond acceptors (Lipinski definition) is 2. The monoisotopic (exact) mass is 181 g/mol. The summed E-state index contributed by atoms with van der Waals surface area (Å²) in [5.74, 6) is -1.27. The van der Waals surface area contributed by atoms with Gasteiger partial charge in [0.2, 0.25) is 0 Å². The number of rotatable bonds is 5. The van der Waals surface area contributed by atoms with Gasteiger partial charge in [-0.2, -0.15) is 8.78 Å². The molecule has 0 rings (SSSR count). The van der Waals surface area contributed by atoms with Crippen molar-refractivity contribution in [2.45, 2.75) is 32.2 Å². The predicted octanol–water partition coefficient (Wildman–Crippen LogP) is 0.529. The lowest BCUT2D eigenvalue weighted by molar-refractivity contribution is -0.132. The first kappa shape index (κ1) is 11.3. The quantitative estimate of drug-likeness (QED) is 0.650. The zero-order chi connectivity index (χ0) is 9.56. The molecule has 1 atom stereocenters. The van der Waals surface area contributed by atoms with Crippen molar-refractivity contribution < 1.29 is 18.7 Å². The summed E-state index contributed by atoms with van der Waals surface area (Å²) in [4.78, 5) is 10.4. The Labute approximate surface area is 69.8 Å². The Bertz CT molecular complexity index is 141. The van der Waals surface area contributed by atoms with Crippen molar-refractivity contribution in [1.29, 1.82) is 0 Å². The lowest BCUT2D eigenvalue weighted by Crippen LogP contribution is -2.38. The van der Waals surface area contributed by atoms with Gasteiger partial charge in [0, 0.05) is 12.6 Å². The van der Waals surface area contributed by atoms with Crippen molar-refractivity contribution in [3.63, 3.8) is 0 Å². The summed E-state index contributed by atoms with van der Waals surface area (Å²) < 4.78 is 23.4. The maximum absolute atomic E-state index is 11.7. The maximum Gasteiger partial charge on any atom is 0.315 e. The van der Waals surface area contributed by atoms with Gasteiger partial charge >= 0.3 is 6.43 Å². The van der Waals surface area contributed by atoms with Gasteiger partial charge in [0.05, 0.1) is 0 Å². The first-order valence-electron chi connectivity index (χ1n) is 3.81. The fraction of sp³-hybridized carbons (Fsp3) is 0.857. The SMILES string of the molecule is CCC(CCO)NC(=O)C(F)F. The zero-order valence-corrected chi connectivity index (χ0v) is 6.89. The minimum absolute atomic E-state index is 0.109. The van der Waals surface area contributed by atoms with Crippen molar-refractivity contribution >= 4 is 5.91 Å². The van der Waals surface area contributed by atoms with Gasteiger partial charge in [0.25, 0.3) is 5.91 Å². The number of carbonyl (C=O) groups is 1. The molecule has 1 amide bonds. The van der Waals surface area contributed by atoms with Gasteiger partial charge in [-0.25, -0.2) is 0 Å². The van der Waals surface area contributed by atoms with Crippen LogP contribution in [0.3, 0.4) is 0 Å². The summed E-state index contributed by atoms with van der Waals surface area (Å²) in [6.07, 6.45) is -2.12. The van der Waals surface area contributed by atoms with E-state index in [1.54, 1.807) is 6.92 Å². The van der Waals surface area contributed by atoms with E-state index < -0.39 is 12.3 Å². The van der Waals surface area contributed by atoms with E-state index in [1.165, 1.54) is 0 Å². The van der Waals surface area contributed by atoms with Gasteiger partial charge in [-0.05, 0) is 12.8 Å². The number of aliphatic hydroxyl groups is 1. The molecule has 1 unspecified atom stereocenters. The van der Waals surface area contributed by atoms with E-state index in [-0.39, 0.29) is 12.6 Å². The predicted molar refractivity (Wildman–Crippen MR) is 39.9 cm³/mol. The van der Waals surface area contributed by atoms with Crippen LogP contribution in [0.15, 0.2) is 0 Å². The normalized spacial score (nSPS) is 13.1. The van der Waals surface area contributed by atoms with Gasteiger partial charge < -0.3 is 10.4 Å².